The third kappa shape index (κ3) is 2.95. The highest BCUT2D eigenvalue weighted by Gasteiger charge is 2.52. The molecule has 2 aliphatic rings. The van der Waals surface area contributed by atoms with E-state index < -0.39 is 0 Å². The summed E-state index contributed by atoms with van der Waals surface area (Å²) in [6, 6.07) is 0. The maximum absolute atomic E-state index is 13.1. The minimum absolute atomic E-state index is 0.118. The number of hydrogen-bond donors (Lipinski definition) is 1. The zero-order valence-electron chi connectivity index (χ0n) is 14.5. The number of carbonyl (C=O) groups excluding carboxylic acids is 1. The zero-order valence-corrected chi connectivity index (χ0v) is 14.5. The summed E-state index contributed by atoms with van der Waals surface area (Å²) in [4.78, 5) is 19.2. The Hall–Kier alpha value is -2.22. The molecule has 1 saturated heterocycles. The van der Waals surface area contributed by atoms with E-state index in [1.54, 1.807) is 12.5 Å². The van der Waals surface area contributed by atoms with Gasteiger partial charge in [0.15, 0.2) is 5.82 Å². The van der Waals surface area contributed by atoms with E-state index in [4.69, 9.17) is 0 Å². The molecule has 0 unspecified atom stereocenters. The lowest BCUT2D eigenvalue weighted by atomic mass is 9.95. The molecule has 3 heterocycles. The molecule has 0 spiro atoms. The number of aliphatic hydroxyl groups excluding tert-OH is 1. The Morgan fingerprint density at radius 1 is 1.40 bits per heavy atom. The molecule has 25 heavy (non-hydrogen) atoms. The van der Waals surface area contributed by atoms with Gasteiger partial charge in [-0.05, 0) is 25.7 Å². The molecule has 2 fully saturated rings. The van der Waals surface area contributed by atoms with Gasteiger partial charge >= 0.3 is 0 Å². The summed E-state index contributed by atoms with van der Waals surface area (Å²) < 4.78 is 3.86. The van der Waals surface area contributed by atoms with Crippen molar-refractivity contribution in [3.63, 3.8) is 0 Å². The van der Waals surface area contributed by atoms with Crippen molar-refractivity contribution in [2.45, 2.75) is 44.8 Å². The molecule has 8 heteroatoms. The number of imidazole rings is 1. The van der Waals surface area contributed by atoms with Crippen LogP contribution in [0, 0.1) is 5.41 Å². The molecule has 1 amide bonds. The quantitative estimate of drug-likeness (QED) is 0.862. The predicted octanol–water partition coefficient (Wildman–Crippen LogP) is 0.690. The number of piperidine rings is 1. The average molecular weight is 344 g/mol. The van der Waals surface area contributed by atoms with Crippen molar-refractivity contribution < 1.29 is 9.90 Å². The van der Waals surface area contributed by atoms with Crippen LogP contribution in [-0.4, -0.2) is 53.3 Å². The summed E-state index contributed by atoms with van der Waals surface area (Å²) >= 11 is 0. The highest BCUT2D eigenvalue weighted by Crippen LogP contribution is 2.49. The highest BCUT2D eigenvalue weighted by molar-refractivity contribution is 5.85. The van der Waals surface area contributed by atoms with E-state index in [2.05, 4.69) is 15.2 Å². The Balaban J connectivity index is 1.47. The average Bonchev–Trinajstić information content (AvgIpc) is 3.04. The van der Waals surface area contributed by atoms with Crippen LogP contribution in [0.5, 0.6) is 0 Å². The molecule has 1 atom stereocenters. The van der Waals surface area contributed by atoms with Crippen LogP contribution >= 0.6 is 0 Å². The molecule has 2 aromatic heterocycles. The lowest BCUT2D eigenvalue weighted by Crippen LogP contribution is -2.44. The lowest BCUT2D eigenvalue weighted by Gasteiger charge is -2.34. The van der Waals surface area contributed by atoms with Gasteiger partial charge in [-0.15, -0.1) is 10.2 Å². The Morgan fingerprint density at radius 3 is 2.88 bits per heavy atom. The summed E-state index contributed by atoms with van der Waals surface area (Å²) in [5, 5.41) is 17.6. The molecular weight excluding hydrogens is 320 g/mol. The lowest BCUT2D eigenvalue weighted by molar-refractivity contribution is -0.138. The van der Waals surface area contributed by atoms with Gasteiger partial charge in [-0.2, -0.15) is 0 Å². The van der Waals surface area contributed by atoms with Crippen LogP contribution in [0.1, 0.15) is 43.3 Å². The van der Waals surface area contributed by atoms with E-state index in [9.17, 15) is 9.90 Å². The van der Waals surface area contributed by atoms with Crippen LogP contribution in [0.4, 0.5) is 0 Å². The standard InChI is InChI=1S/C17H24N6O2/c1-21-14(10-24)19-20-15(21)13-3-2-7-23(9-13)16(25)17(4-5-17)11-22-8-6-18-12-22/h6,8,12-13,24H,2-5,7,9-11H2,1H3/t13-/m1/s1. The number of likely N-dealkylation sites (tertiary alicyclic amines) is 1. The monoisotopic (exact) mass is 344 g/mol. The van der Waals surface area contributed by atoms with Crippen LogP contribution < -0.4 is 0 Å². The van der Waals surface area contributed by atoms with Crippen molar-refractivity contribution in [1.82, 2.24) is 29.2 Å². The SMILES string of the molecule is Cn1c(CO)nnc1[C@@H]1CCCN(C(=O)C2(Cn3ccnc3)CC2)C1. The van der Waals surface area contributed by atoms with Gasteiger partial charge in [-0.25, -0.2) is 4.98 Å². The molecule has 134 valence electrons. The topological polar surface area (TPSA) is 89.1 Å². The maximum Gasteiger partial charge on any atom is 0.230 e. The van der Waals surface area contributed by atoms with E-state index >= 15 is 0 Å². The second-order valence-corrected chi connectivity index (χ2v) is 7.30. The maximum atomic E-state index is 13.1. The van der Waals surface area contributed by atoms with Gasteiger partial charge < -0.3 is 19.1 Å². The second-order valence-electron chi connectivity index (χ2n) is 7.30. The number of hydrogen-bond acceptors (Lipinski definition) is 5. The van der Waals surface area contributed by atoms with Crippen molar-refractivity contribution in [3.05, 3.63) is 30.4 Å². The molecule has 8 nitrogen and oxygen atoms in total. The molecule has 1 saturated carbocycles. The number of rotatable bonds is 5. The Bertz CT molecular complexity index is 749. The molecular formula is C17H24N6O2. The number of aliphatic hydroxyl groups is 1. The van der Waals surface area contributed by atoms with Crippen LogP contribution in [0.15, 0.2) is 18.7 Å². The van der Waals surface area contributed by atoms with Crippen molar-refractivity contribution in [3.8, 4) is 0 Å². The number of nitrogens with zero attached hydrogens (tertiary/aromatic N) is 6. The normalized spacial score (nSPS) is 22.2. The molecule has 0 bridgehead atoms. The minimum Gasteiger partial charge on any atom is -0.388 e. The molecule has 1 aliphatic heterocycles. The largest absolute Gasteiger partial charge is 0.388 e. The van der Waals surface area contributed by atoms with Crippen molar-refractivity contribution in [2.75, 3.05) is 13.1 Å². The van der Waals surface area contributed by atoms with Crippen LogP contribution in [-0.2, 0) is 25.0 Å². The smallest absolute Gasteiger partial charge is 0.230 e. The summed E-state index contributed by atoms with van der Waals surface area (Å²) in [7, 11) is 1.88. The fourth-order valence-electron chi connectivity index (χ4n) is 3.90. The van der Waals surface area contributed by atoms with Gasteiger partial charge in [-0.1, -0.05) is 0 Å². The molecule has 2 aromatic rings. The van der Waals surface area contributed by atoms with Gasteiger partial charge in [0.1, 0.15) is 12.4 Å². The first-order valence-electron chi connectivity index (χ1n) is 8.87. The Morgan fingerprint density at radius 2 is 2.24 bits per heavy atom. The summed E-state index contributed by atoms with van der Waals surface area (Å²) in [6.45, 7) is 2.09. The van der Waals surface area contributed by atoms with E-state index in [1.807, 2.05) is 27.3 Å². The van der Waals surface area contributed by atoms with Crippen molar-refractivity contribution in [2.24, 2.45) is 12.5 Å². The van der Waals surface area contributed by atoms with Gasteiger partial charge in [0.2, 0.25) is 5.91 Å². The first kappa shape index (κ1) is 16.3. The highest BCUT2D eigenvalue weighted by atomic mass is 16.3. The second kappa shape index (κ2) is 6.25. The first-order chi connectivity index (χ1) is 12.1. The number of carbonyl (C=O) groups is 1. The molecule has 1 N–H and O–H groups in total. The van der Waals surface area contributed by atoms with Gasteiger partial charge in [0, 0.05) is 45.0 Å². The van der Waals surface area contributed by atoms with E-state index in [1.165, 1.54) is 0 Å². The van der Waals surface area contributed by atoms with Crippen LogP contribution in [0.2, 0.25) is 0 Å². The summed E-state index contributed by atoms with van der Waals surface area (Å²) in [5.74, 6) is 1.87. The fraction of sp³-hybridized carbons (Fsp3) is 0.647. The third-order valence-corrected chi connectivity index (χ3v) is 5.57. The van der Waals surface area contributed by atoms with E-state index in [0.29, 0.717) is 18.9 Å². The van der Waals surface area contributed by atoms with Gasteiger partial charge in [-0.3, -0.25) is 4.79 Å². The zero-order chi connectivity index (χ0) is 17.4. The summed E-state index contributed by atoms with van der Waals surface area (Å²) in [5.41, 5.74) is -0.251. The van der Waals surface area contributed by atoms with Crippen molar-refractivity contribution in [1.29, 1.82) is 0 Å². The molecule has 0 aromatic carbocycles. The van der Waals surface area contributed by atoms with E-state index in [-0.39, 0.29) is 23.8 Å². The Labute approximate surface area is 146 Å². The predicted molar refractivity (Wildman–Crippen MR) is 89.4 cm³/mol. The number of amides is 1. The fourth-order valence-corrected chi connectivity index (χ4v) is 3.90. The molecule has 0 radical (unpaired) electrons. The van der Waals surface area contributed by atoms with Crippen LogP contribution in [0.3, 0.4) is 0 Å². The Kier molecular flexibility index (Phi) is 4.07. The minimum atomic E-state index is -0.251. The van der Waals surface area contributed by atoms with E-state index in [0.717, 1.165) is 38.1 Å². The number of aromatic nitrogens is 5. The summed E-state index contributed by atoms with van der Waals surface area (Å²) in [6.07, 6.45) is 9.32. The van der Waals surface area contributed by atoms with Crippen molar-refractivity contribution >= 4 is 5.91 Å². The first-order valence-corrected chi connectivity index (χ1v) is 8.87. The third-order valence-electron chi connectivity index (χ3n) is 5.57. The van der Waals surface area contributed by atoms with Crippen LogP contribution in [0.25, 0.3) is 0 Å². The molecule has 1 aliphatic carbocycles. The molecule has 4 rings (SSSR count). The van der Waals surface area contributed by atoms with Gasteiger partial charge in [0.25, 0.3) is 0 Å². The van der Waals surface area contributed by atoms with Gasteiger partial charge in [0.05, 0.1) is 11.7 Å².